The molecule has 2 aromatic carbocycles. The lowest BCUT2D eigenvalue weighted by Gasteiger charge is -2.19. The van der Waals surface area contributed by atoms with E-state index in [1.54, 1.807) is 6.20 Å². The van der Waals surface area contributed by atoms with Gasteiger partial charge in [-0.15, -0.1) is 24.0 Å². The van der Waals surface area contributed by atoms with Gasteiger partial charge in [-0.1, -0.05) is 24.3 Å². The molecule has 0 amide bonds. The van der Waals surface area contributed by atoms with E-state index < -0.39 is 0 Å². The van der Waals surface area contributed by atoms with Crippen LogP contribution < -0.4 is 11.1 Å². The smallest absolute Gasteiger partial charge is 0.193 e. The largest absolute Gasteiger partial charge is 0.370 e. The molecule has 0 atom stereocenters. The van der Waals surface area contributed by atoms with Crippen LogP contribution in [0.3, 0.4) is 0 Å². The average molecular weight is 487 g/mol. The third-order valence-corrected chi connectivity index (χ3v) is 5.05. The van der Waals surface area contributed by atoms with Crippen molar-refractivity contribution in [2.24, 2.45) is 10.7 Å². The molecule has 0 radical (unpaired) electrons. The van der Waals surface area contributed by atoms with Crippen molar-refractivity contribution in [3.8, 4) is 5.69 Å². The van der Waals surface area contributed by atoms with E-state index in [4.69, 9.17) is 5.73 Å². The van der Waals surface area contributed by atoms with Crippen LogP contribution in [0, 0.1) is 0 Å². The fourth-order valence-electron chi connectivity index (χ4n) is 3.62. The van der Waals surface area contributed by atoms with Crippen LogP contribution in [0.1, 0.15) is 29.5 Å². The molecule has 0 saturated carbocycles. The fourth-order valence-corrected chi connectivity index (χ4v) is 3.62. The van der Waals surface area contributed by atoms with Gasteiger partial charge in [-0.05, 0) is 73.1 Å². The van der Waals surface area contributed by atoms with Crippen molar-refractivity contribution in [2.75, 3.05) is 11.9 Å². The molecular formula is C22H26IN5. The lowest BCUT2D eigenvalue weighted by atomic mass is 9.90. The predicted octanol–water partition coefficient (Wildman–Crippen LogP) is 4.34. The first-order valence-corrected chi connectivity index (χ1v) is 9.56. The number of aliphatic imine (C=N–C) groups is 1. The number of hydrogen-bond acceptors (Lipinski definition) is 2. The Balaban J connectivity index is 0.00000225. The minimum Gasteiger partial charge on any atom is -0.370 e. The lowest BCUT2D eigenvalue weighted by Crippen LogP contribution is -2.24. The van der Waals surface area contributed by atoms with Crippen LogP contribution in [-0.4, -0.2) is 22.3 Å². The van der Waals surface area contributed by atoms with Gasteiger partial charge in [-0.3, -0.25) is 4.99 Å². The number of guanidine groups is 1. The molecule has 0 unspecified atom stereocenters. The van der Waals surface area contributed by atoms with Crippen molar-refractivity contribution in [1.29, 1.82) is 0 Å². The quantitative estimate of drug-likeness (QED) is 0.320. The maximum absolute atomic E-state index is 6.12. The summed E-state index contributed by atoms with van der Waals surface area (Å²) in [5, 5.41) is 7.54. The minimum absolute atomic E-state index is 0. The summed E-state index contributed by atoms with van der Waals surface area (Å²) in [7, 11) is 0. The summed E-state index contributed by atoms with van der Waals surface area (Å²) in [5.41, 5.74) is 12.4. The number of hydrogen-bond donors (Lipinski definition) is 2. The molecular weight excluding hydrogens is 461 g/mol. The number of aromatic nitrogens is 2. The Morgan fingerprint density at radius 1 is 1.07 bits per heavy atom. The summed E-state index contributed by atoms with van der Waals surface area (Å²) >= 11 is 0. The molecule has 0 spiro atoms. The minimum atomic E-state index is 0. The van der Waals surface area contributed by atoms with Crippen LogP contribution in [0.25, 0.3) is 5.69 Å². The third-order valence-electron chi connectivity index (χ3n) is 5.05. The van der Waals surface area contributed by atoms with Crippen molar-refractivity contribution in [3.05, 3.63) is 77.6 Å². The van der Waals surface area contributed by atoms with Crippen molar-refractivity contribution in [1.82, 2.24) is 9.78 Å². The van der Waals surface area contributed by atoms with Crippen LogP contribution in [0.4, 0.5) is 5.69 Å². The monoisotopic (exact) mass is 487 g/mol. The van der Waals surface area contributed by atoms with E-state index >= 15 is 0 Å². The van der Waals surface area contributed by atoms with Gasteiger partial charge in [0, 0.05) is 24.6 Å². The molecule has 3 N–H and O–H groups in total. The highest BCUT2D eigenvalue weighted by Crippen LogP contribution is 2.27. The standard InChI is InChI=1S/C22H25N5.HI/c23-22(26-21-8-3-6-18-5-1-2-7-20(18)21)24-15-13-17-9-11-19(12-10-17)27-16-4-14-25-27;/h3-4,6,8-12,14,16H,1-2,5,7,13,15H2,(H3,23,24,26);1H. The molecule has 4 rings (SSSR count). The second kappa shape index (κ2) is 9.73. The summed E-state index contributed by atoms with van der Waals surface area (Å²) in [6.07, 6.45) is 9.38. The Labute approximate surface area is 183 Å². The molecule has 6 heteroatoms. The molecule has 28 heavy (non-hydrogen) atoms. The second-order valence-electron chi connectivity index (χ2n) is 6.91. The Bertz CT molecular complexity index is 917. The highest BCUT2D eigenvalue weighted by Gasteiger charge is 2.13. The van der Waals surface area contributed by atoms with E-state index in [0.717, 1.165) is 30.6 Å². The van der Waals surface area contributed by atoms with E-state index in [0.29, 0.717) is 12.5 Å². The number of nitrogens with zero attached hydrogens (tertiary/aromatic N) is 3. The number of halogens is 1. The number of fused-ring (bicyclic) bond motifs is 1. The normalized spacial score (nSPS) is 13.5. The van der Waals surface area contributed by atoms with E-state index in [1.165, 1.54) is 29.5 Å². The first-order chi connectivity index (χ1) is 13.3. The van der Waals surface area contributed by atoms with Crippen molar-refractivity contribution < 1.29 is 0 Å². The summed E-state index contributed by atoms with van der Waals surface area (Å²) in [4.78, 5) is 4.50. The highest BCUT2D eigenvalue weighted by molar-refractivity contribution is 14.0. The van der Waals surface area contributed by atoms with Gasteiger partial charge in [0.25, 0.3) is 0 Å². The lowest BCUT2D eigenvalue weighted by molar-refractivity contribution is 0.687. The van der Waals surface area contributed by atoms with Crippen LogP contribution in [0.15, 0.2) is 65.9 Å². The van der Waals surface area contributed by atoms with Gasteiger partial charge in [-0.25, -0.2) is 4.68 Å². The van der Waals surface area contributed by atoms with E-state index in [1.807, 2.05) is 16.9 Å². The molecule has 0 fully saturated rings. The average Bonchev–Trinajstić information content (AvgIpc) is 3.24. The van der Waals surface area contributed by atoms with E-state index in [-0.39, 0.29) is 24.0 Å². The maximum Gasteiger partial charge on any atom is 0.193 e. The number of aryl methyl sites for hydroxylation is 1. The number of nitrogens with one attached hydrogen (secondary N) is 1. The number of benzene rings is 2. The zero-order chi connectivity index (χ0) is 18.5. The Kier molecular flexibility index (Phi) is 7.08. The molecule has 1 aliphatic carbocycles. The van der Waals surface area contributed by atoms with Gasteiger partial charge in [0.15, 0.2) is 5.96 Å². The molecule has 1 aromatic heterocycles. The van der Waals surface area contributed by atoms with Gasteiger partial charge >= 0.3 is 0 Å². The first kappa shape index (κ1) is 20.4. The Morgan fingerprint density at radius 3 is 2.68 bits per heavy atom. The topological polar surface area (TPSA) is 68.2 Å². The summed E-state index contributed by atoms with van der Waals surface area (Å²) in [6.45, 7) is 0.662. The van der Waals surface area contributed by atoms with Crippen molar-refractivity contribution in [3.63, 3.8) is 0 Å². The molecule has 3 aromatic rings. The van der Waals surface area contributed by atoms with Crippen LogP contribution in [0.5, 0.6) is 0 Å². The summed E-state index contributed by atoms with van der Waals surface area (Å²) < 4.78 is 1.85. The zero-order valence-electron chi connectivity index (χ0n) is 15.8. The van der Waals surface area contributed by atoms with Gasteiger partial charge in [0.1, 0.15) is 0 Å². The molecule has 0 saturated heterocycles. The van der Waals surface area contributed by atoms with Gasteiger partial charge in [0.2, 0.25) is 0 Å². The summed E-state index contributed by atoms with van der Waals surface area (Å²) in [5.74, 6) is 0.488. The van der Waals surface area contributed by atoms with Crippen LogP contribution >= 0.6 is 24.0 Å². The Hall–Kier alpha value is -2.35. The number of anilines is 1. The van der Waals surface area contributed by atoms with E-state index in [9.17, 15) is 0 Å². The predicted molar refractivity (Wildman–Crippen MR) is 126 cm³/mol. The molecule has 1 heterocycles. The second-order valence-corrected chi connectivity index (χ2v) is 6.91. The Morgan fingerprint density at radius 2 is 1.89 bits per heavy atom. The molecule has 5 nitrogen and oxygen atoms in total. The van der Waals surface area contributed by atoms with Gasteiger partial charge in [0.05, 0.1) is 5.69 Å². The van der Waals surface area contributed by atoms with Crippen molar-refractivity contribution in [2.45, 2.75) is 32.1 Å². The molecule has 0 aliphatic heterocycles. The SMILES string of the molecule is I.NC(=NCCc1ccc(-n2cccn2)cc1)Nc1cccc2c1CCCC2. The number of rotatable bonds is 5. The third kappa shape index (κ3) is 4.92. The zero-order valence-corrected chi connectivity index (χ0v) is 18.2. The summed E-state index contributed by atoms with van der Waals surface area (Å²) in [6, 6.07) is 16.7. The van der Waals surface area contributed by atoms with Crippen molar-refractivity contribution >= 4 is 35.6 Å². The van der Waals surface area contributed by atoms with Gasteiger partial charge < -0.3 is 11.1 Å². The molecule has 0 bridgehead atoms. The molecule has 1 aliphatic rings. The van der Waals surface area contributed by atoms with Crippen LogP contribution in [0.2, 0.25) is 0 Å². The molecule has 146 valence electrons. The van der Waals surface area contributed by atoms with Gasteiger partial charge in [-0.2, -0.15) is 5.10 Å². The van der Waals surface area contributed by atoms with Crippen LogP contribution in [-0.2, 0) is 19.3 Å². The van der Waals surface area contributed by atoms with E-state index in [2.05, 4.69) is 57.9 Å². The highest BCUT2D eigenvalue weighted by atomic mass is 127. The maximum atomic E-state index is 6.12. The number of nitrogens with two attached hydrogens (primary N) is 1. The first-order valence-electron chi connectivity index (χ1n) is 9.56. The fraction of sp³-hybridized carbons (Fsp3) is 0.273.